The van der Waals surface area contributed by atoms with Gasteiger partial charge in [-0.3, -0.25) is 9.78 Å². The molecule has 3 saturated carbocycles. The third-order valence-corrected chi connectivity index (χ3v) is 7.05. The van der Waals surface area contributed by atoms with Crippen LogP contribution in [0, 0.1) is 11.8 Å². The Balaban J connectivity index is 1.33. The molecule has 0 saturated heterocycles. The molecule has 2 unspecified atom stereocenters. The van der Waals surface area contributed by atoms with E-state index in [1.54, 1.807) is 0 Å². The largest absolute Gasteiger partial charge is 0.461 e. The summed E-state index contributed by atoms with van der Waals surface area (Å²) in [5, 5.41) is 0. The quantitative estimate of drug-likeness (QED) is 0.536. The first-order valence-corrected chi connectivity index (χ1v) is 11.3. The number of para-hydroxylation sites is 2. The Kier molecular flexibility index (Phi) is 4.33. The summed E-state index contributed by atoms with van der Waals surface area (Å²) in [6, 6.07) is 14.5. The van der Waals surface area contributed by atoms with Crippen molar-refractivity contribution in [2.75, 3.05) is 0 Å². The Morgan fingerprint density at radius 3 is 2.57 bits per heavy atom. The minimum absolute atomic E-state index is 0.0939. The first-order valence-electron chi connectivity index (χ1n) is 11.3. The molecule has 2 aromatic carbocycles. The first kappa shape index (κ1) is 18.1. The van der Waals surface area contributed by atoms with Crippen molar-refractivity contribution in [1.82, 2.24) is 9.97 Å². The zero-order valence-corrected chi connectivity index (χ0v) is 17.1. The molecule has 3 aliphatic carbocycles. The number of hydrogen-bond acceptors (Lipinski definition) is 4. The zero-order chi connectivity index (χ0) is 20.1. The molecular formula is C26H26N2O2. The van der Waals surface area contributed by atoms with E-state index in [1.165, 1.54) is 44.1 Å². The van der Waals surface area contributed by atoms with Crippen LogP contribution in [0.5, 0.6) is 0 Å². The van der Waals surface area contributed by atoms with Crippen LogP contribution in [0.25, 0.3) is 22.3 Å². The summed E-state index contributed by atoms with van der Waals surface area (Å²) in [6.45, 7) is 0. The van der Waals surface area contributed by atoms with Gasteiger partial charge in [0.15, 0.2) is 0 Å². The van der Waals surface area contributed by atoms with Gasteiger partial charge < -0.3 is 4.74 Å². The fourth-order valence-electron chi connectivity index (χ4n) is 4.99. The van der Waals surface area contributed by atoms with Crippen LogP contribution in [0.3, 0.4) is 0 Å². The van der Waals surface area contributed by atoms with E-state index < -0.39 is 0 Å². The number of esters is 1. The third kappa shape index (κ3) is 3.49. The van der Waals surface area contributed by atoms with Crippen molar-refractivity contribution in [2.45, 2.75) is 57.0 Å². The highest BCUT2D eigenvalue weighted by Gasteiger charge is 2.67. The van der Waals surface area contributed by atoms with Crippen LogP contribution in [0.1, 0.15) is 55.6 Å². The molecule has 3 fully saturated rings. The number of fused-ring (bicyclic) bond motifs is 2. The van der Waals surface area contributed by atoms with Gasteiger partial charge in [-0.1, -0.05) is 37.5 Å². The Morgan fingerprint density at radius 1 is 1.00 bits per heavy atom. The first-order chi connectivity index (χ1) is 14.7. The molecular weight excluding hydrogens is 372 g/mol. The molecule has 0 aliphatic heterocycles. The average molecular weight is 399 g/mol. The lowest BCUT2D eigenvalue weighted by Gasteiger charge is -2.23. The van der Waals surface area contributed by atoms with Gasteiger partial charge in [0.1, 0.15) is 6.10 Å². The van der Waals surface area contributed by atoms with Crippen molar-refractivity contribution in [1.29, 1.82) is 0 Å². The molecule has 1 heterocycles. The second kappa shape index (κ2) is 7.19. The van der Waals surface area contributed by atoms with Crippen molar-refractivity contribution in [3.05, 3.63) is 59.8 Å². The SMILES string of the molecule is O=C(Cc1cc(-c2cnc3ccccc3n2)cc(C2CCCCC2)c1)OC1C2CC21. The second-order valence-corrected chi connectivity index (χ2v) is 9.24. The molecule has 0 spiro atoms. The van der Waals surface area contributed by atoms with Crippen LogP contribution >= 0.6 is 0 Å². The maximum Gasteiger partial charge on any atom is 0.310 e. The van der Waals surface area contributed by atoms with Gasteiger partial charge in [0.05, 0.1) is 29.3 Å². The molecule has 0 N–H and O–H groups in total. The average Bonchev–Trinajstić information content (AvgIpc) is 3.70. The number of nitrogens with zero attached hydrogens (tertiary/aromatic N) is 2. The highest BCUT2D eigenvalue weighted by Crippen LogP contribution is 2.64. The van der Waals surface area contributed by atoms with Gasteiger partial charge >= 0.3 is 5.97 Å². The summed E-state index contributed by atoms with van der Waals surface area (Å²) in [5.74, 6) is 1.82. The van der Waals surface area contributed by atoms with Crippen LogP contribution in [-0.4, -0.2) is 22.0 Å². The molecule has 4 heteroatoms. The van der Waals surface area contributed by atoms with Crippen LogP contribution in [0.4, 0.5) is 0 Å². The third-order valence-electron chi connectivity index (χ3n) is 7.05. The van der Waals surface area contributed by atoms with Gasteiger partial charge in [-0.15, -0.1) is 0 Å². The summed E-state index contributed by atoms with van der Waals surface area (Å²) in [6.07, 6.45) is 10.00. The number of ether oxygens (including phenoxy) is 1. The molecule has 2 atom stereocenters. The summed E-state index contributed by atoms with van der Waals surface area (Å²) in [4.78, 5) is 21.9. The van der Waals surface area contributed by atoms with Crippen molar-refractivity contribution in [3.8, 4) is 11.3 Å². The molecule has 3 aromatic rings. The molecule has 6 rings (SSSR count). The van der Waals surface area contributed by atoms with E-state index in [2.05, 4.69) is 23.2 Å². The molecule has 1 aromatic heterocycles. The van der Waals surface area contributed by atoms with Crippen LogP contribution < -0.4 is 0 Å². The zero-order valence-electron chi connectivity index (χ0n) is 17.1. The predicted molar refractivity (Wildman–Crippen MR) is 116 cm³/mol. The van der Waals surface area contributed by atoms with Crippen molar-refractivity contribution >= 4 is 17.0 Å². The number of benzene rings is 2. The van der Waals surface area contributed by atoms with Gasteiger partial charge in [-0.2, -0.15) is 0 Å². The molecule has 3 aliphatic rings. The van der Waals surface area contributed by atoms with Crippen molar-refractivity contribution in [3.63, 3.8) is 0 Å². The minimum Gasteiger partial charge on any atom is -0.461 e. The maximum absolute atomic E-state index is 12.5. The van der Waals surface area contributed by atoms with Gasteiger partial charge in [-0.25, -0.2) is 4.98 Å². The minimum atomic E-state index is -0.0939. The van der Waals surface area contributed by atoms with Gasteiger partial charge in [0, 0.05) is 17.4 Å². The number of rotatable bonds is 5. The number of aromatic nitrogens is 2. The predicted octanol–water partition coefficient (Wildman–Crippen LogP) is 5.45. The normalized spacial score (nSPS) is 25.0. The van der Waals surface area contributed by atoms with Crippen LogP contribution in [0.15, 0.2) is 48.7 Å². The maximum atomic E-state index is 12.5. The lowest BCUT2D eigenvalue weighted by atomic mass is 9.82. The Morgan fingerprint density at radius 2 is 1.80 bits per heavy atom. The van der Waals surface area contributed by atoms with E-state index in [9.17, 15) is 4.79 Å². The molecule has 4 nitrogen and oxygen atoms in total. The Hall–Kier alpha value is -2.75. The van der Waals surface area contributed by atoms with Crippen molar-refractivity contribution in [2.24, 2.45) is 11.8 Å². The summed E-state index contributed by atoms with van der Waals surface area (Å²) in [7, 11) is 0. The molecule has 30 heavy (non-hydrogen) atoms. The van der Waals surface area contributed by atoms with E-state index in [4.69, 9.17) is 9.72 Å². The van der Waals surface area contributed by atoms with Gasteiger partial charge in [0.25, 0.3) is 0 Å². The van der Waals surface area contributed by atoms with Gasteiger partial charge in [0.2, 0.25) is 0 Å². The topological polar surface area (TPSA) is 52.1 Å². The van der Waals surface area contributed by atoms with E-state index in [0.29, 0.717) is 24.2 Å². The summed E-state index contributed by atoms with van der Waals surface area (Å²) < 4.78 is 5.65. The Labute approximate surface area is 176 Å². The summed E-state index contributed by atoms with van der Waals surface area (Å²) in [5.41, 5.74) is 6.07. The van der Waals surface area contributed by atoms with E-state index in [1.807, 2.05) is 30.5 Å². The highest BCUT2D eigenvalue weighted by molar-refractivity contribution is 5.78. The Bertz CT molecular complexity index is 1110. The number of carbonyl (C=O) groups is 1. The number of hydrogen-bond donors (Lipinski definition) is 0. The molecule has 0 bridgehead atoms. The van der Waals surface area contributed by atoms with Crippen LogP contribution in [-0.2, 0) is 16.0 Å². The lowest BCUT2D eigenvalue weighted by molar-refractivity contribution is -0.145. The number of carbonyl (C=O) groups excluding carboxylic acids is 1. The monoisotopic (exact) mass is 398 g/mol. The van der Waals surface area contributed by atoms with E-state index >= 15 is 0 Å². The second-order valence-electron chi connectivity index (χ2n) is 9.24. The van der Waals surface area contributed by atoms with E-state index in [0.717, 1.165) is 27.9 Å². The van der Waals surface area contributed by atoms with Crippen molar-refractivity contribution < 1.29 is 9.53 Å². The molecule has 152 valence electrons. The van der Waals surface area contributed by atoms with Gasteiger partial charge in [-0.05, 0) is 60.6 Å². The highest BCUT2D eigenvalue weighted by atomic mass is 16.6. The fourth-order valence-corrected chi connectivity index (χ4v) is 4.99. The van der Waals surface area contributed by atoms with E-state index in [-0.39, 0.29) is 12.1 Å². The fraction of sp³-hybridized carbons (Fsp3) is 0.423. The molecule has 0 radical (unpaired) electrons. The van der Waals surface area contributed by atoms with Crippen LogP contribution in [0.2, 0.25) is 0 Å². The summed E-state index contributed by atoms with van der Waals surface area (Å²) >= 11 is 0. The standard InChI is InChI=1S/C26H26N2O2/c29-25(30-26-20-14-21(20)26)12-16-10-18(17-6-2-1-3-7-17)13-19(11-16)24-15-27-22-8-4-5-9-23(22)28-24/h4-5,8-11,13,15,17,20-21,26H,1-3,6-7,12,14H2. The smallest absolute Gasteiger partial charge is 0.310 e. The molecule has 0 amide bonds. The lowest BCUT2D eigenvalue weighted by Crippen LogP contribution is -2.14.